The molecule has 14 heavy (non-hydrogen) atoms. The first-order valence-electron chi connectivity index (χ1n) is 4.59. The average Bonchev–Trinajstić information content (AvgIpc) is 2.07. The fraction of sp³-hybridized carbons (Fsp3) is 0.364. The zero-order valence-corrected chi connectivity index (χ0v) is 9.81. The summed E-state index contributed by atoms with van der Waals surface area (Å²) in [6.07, 6.45) is 0.799. The predicted octanol–water partition coefficient (Wildman–Crippen LogP) is 2.97. The largest absolute Gasteiger partial charge is 0.325 e. The first-order valence-corrected chi connectivity index (χ1v) is 5.38. The molecule has 1 aromatic carbocycles. The van der Waals surface area contributed by atoms with E-state index in [-0.39, 0.29) is 11.3 Å². The Kier molecular flexibility index (Phi) is 2.14. The minimum atomic E-state index is -0.298. The molecule has 2 rings (SSSR count). The number of amides is 1. The van der Waals surface area contributed by atoms with Crippen molar-refractivity contribution in [1.82, 2.24) is 0 Å². The summed E-state index contributed by atoms with van der Waals surface area (Å²) in [6.45, 7) is 3.93. The normalized spacial score (nSPS) is 18.6. The number of nitrogens with one attached hydrogen (secondary N) is 1. The number of benzene rings is 1. The third-order valence-electron chi connectivity index (χ3n) is 2.56. The van der Waals surface area contributed by atoms with Crippen LogP contribution in [0.2, 0.25) is 0 Å². The van der Waals surface area contributed by atoms with Crippen LogP contribution in [-0.2, 0) is 11.2 Å². The summed E-state index contributed by atoms with van der Waals surface area (Å²) in [6, 6.07) is 5.94. The van der Waals surface area contributed by atoms with E-state index in [1.807, 2.05) is 26.0 Å². The Morgan fingerprint density at radius 1 is 1.43 bits per heavy atom. The van der Waals surface area contributed by atoms with Crippen LogP contribution in [0.3, 0.4) is 0 Å². The average molecular weight is 254 g/mol. The van der Waals surface area contributed by atoms with Gasteiger partial charge in [-0.25, -0.2) is 0 Å². The molecule has 0 aromatic heterocycles. The third-order valence-corrected chi connectivity index (χ3v) is 3.06. The summed E-state index contributed by atoms with van der Waals surface area (Å²) in [5.74, 6) is 0.104. The van der Waals surface area contributed by atoms with Crippen LogP contribution in [0.1, 0.15) is 19.4 Å². The van der Waals surface area contributed by atoms with Gasteiger partial charge in [-0.1, -0.05) is 29.8 Å². The smallest absolute Gasteiger partial charge is 0.230 e. The molecule has 0 radical (unpaired) electrons. The number of hydrogen-bond donors (Lipinski definition) is 1. The lowest BCUT2D eigenvalue weighted by Gasteiger charge is -2.30. The minimum Gasteiger partial charge on any atom is -0.325 e. The highest BCUT2D eigenvalue weighted by Gasteiger charge is 2.33. The Labute approximate surface area is 91.8 Å². The maximum absolute atomic E-state index is 11.6. The molecule has 1 heterocycles. The van der Waals surface area contributed by atoms with Crippen molar-refractivity contribution in [2.24, 2.45) is 5.41 Å². The lowest BCUT2D eigenvalue weighted by atomic mass is 9.81. The summed E-state index contributed by atoms with van der Waals surface area (Å²) in [5, 5.41) is 2.92. The van der Waals surface area contributed by atoms with Gasteiger partial charge in [0, 0.05) is 15.6 Å². The number of rotatable bonds is 0. The van der Waals surface area contributed by atoms with Gasteiger partial charge in [0.1, 0.15) is 0 Å². The van der Waals surface area contributed by atoms with E-state index in [0.717, 1.165) is 16.6 Å². The number of hydrogen-bond acceptors (Lipinski definition) is 1. The van der Waals surface area contributed by atoms with Gasteiger partial charge < -0.3 is 5.32 Å². The quantitative estimate of drug-likeness (QED) is 0.757. The van der Waals surface area contributed by atoms with Crippen molar-refractivity contribution < 1.29 is 4.79 Å². The van der Waals surface area contributed by atoms with Gasteiger partial charge in [0.2, 0.25) is 5.91 Å². The van der Waals surface area contributed by atoms with Crippen molar-refractivity contribution in [2.45, 2.75) is 20.3 Å². The van der Waals surface area contributed by atoms with Crippen LogP contribution < -0.4 is 5.32 Å². The summed E-state index contributed by atoms with van der Waals surface area (Å²) < 4.78 is 1.06. The Hall–Kier alpha value is -0.830. The molecule has 1 N–H and O–H groups in total. The van der Waals surface area contributed by atoms with Crippen LogP contribution in [0.4, 0.5) is 5.69 Å². The summed E-state index contributed by atoms with van der Waals surface area (Å²) in [4.78, 5) is 11.6. The molecule has 74 valence electrons. The molecule has 0 saturated carbocycles. The zero-order valence-electron chi connectivity index (χ0n) is 8.23. The Morgan fingerprint density at radius 3 is 2.86 bits per heavy atom. The molecule has 1 aromatic rings. The first kappa shape index (κ1) is 9.71. The molecule has 0 spiro atoms. The molecular weight excluding hydrogens is 242 g/mol. The molecule has 1 amide bonds. The molecular formula is C11H12BrNO. The fourth-order valence-corrected chi connectivity index (χ4v) is 2.09. The van der Waals surface area contributed by atoms with E-state index in [0.29, 0.717) is 0 Å². The van der Waals surface area contributed by atoms with Crippen LogP contribution in [-0.4, -0.2) is 5.91 Å². The van der Waals surface area contributed by atoms with E-state index < -0.39 is 0 Å². The molecule has 0 aliphatic carbocycles. The van der Waals surface area contributed by atoms with Crippen LogP contribution in [0.5, 0.6) is 0 Å². The number of halogens is 1. The second-order valence-corrected chi connectivity index (χ2v) is 5.23. The highest BCUT2D eigenvalue weighted by Crippen LogP contribution is 2.34. The Morgan fingerprint density at radius 2 is 2.14 bits per heavy atom. The Bertz CT molecular complexity index is 398. The summed E-state index contributed by atoms with van der Waals surface area (Å²) in [5.41, 5.74) is 1.84. The standard InChI is InChI=1S/C11H12BrNO/c1-11(2)6-7-5-8(12)3-4-9(7)13-10(11)14/h3-5H,6H2,1-2H3,(H,13,14). The lowest BCUT2D eigenvalue weighted by Crippen LogP contribution is -2.36. The van der Waals surface area contributed by atoms with E-state index in [2.05, 4.69) is 27.3 Å². The van der Waals surface area contributed by atoms with E-state index in [9.17, 15) is 4.79 Å². The predicted molar refractivity (Wildman–Crippen MR) is 60.3 cm³/mol. The van der Waals surface area contributed by atoms with Gasteiger partial charge in [-0.2, -0.15) is 0 Å². The SMILES string of the molecule is CC1(C)Cc2cc(Br)ccc2NC1=O. The van der Waals surface area contributed by atoms with Crippen molar-refractivity contribution in [3.05, 3.63) is 28.2 Å². The van der Waals surface area contributed by atoms with Crippen LogP contribution in [0.15, 0.2) is 22.7 Å². The molecule has 3 heteroatoms. The number of carbonyl (C=O) groups excluding carboxylic acids is 1. The maximum Gasteiger partial charge on any atom is 0.230 e. The minimum absolute atomic E-state index is 0.104. The van der Waals surface area contributed by atoms with E-state index in [1.54, 1.807) is 0 Å². The van der Waals surface area contributed by atoms with Crippen molar-refractivity contribution in [2.75, 3.05) is 5.32 Å². The molecule has 1 aliphatic rings. The van der Waals surface area contributed by atoms with E-state index >= 15 is 0 Å². The monoisotopic (exact) mass is 253 g/mol. The van der Waals surface area contributed by atoms with Crippen molar-refractivity contribution in [3.8, 4) is 0 Å². The maximum atomic E-state index is 11.6. The lowest BCUT2D eigenvalue weighted by molar-refractivity contribution is -0.124. The summed E-state index contributed by atoms with van der Waals surface area (Å²) in [7, 11) is 0. The van der Waals surface area contributed by atoms with Crippen LogP contribution >= 0.6 is 15.9 Å². The number of anilines is 1. The van der Waals surface area contributed by atoms with Gasteiger partial charge in [0.05, 0.1) is 0 Å². The first-order chi connectivity index (χ1) is 6.49. The van der Waals surface area contributed by atoms with Gasteiger partial charge in [-0.15, -0.1) is 0 Å². The highest BCUT2D eigenvalue weighted by molar-refractivity contribution is 9.10. The second kappa shape index (κ2) is 3.09. The van der Waals surface area contributed by atoms with Gasteiger partial charge in [0.25, 0.3) is 0 Å². The second-order valence-electron chi connectivity index (χ2n) is 4.32. The van der Waals surface area contributed by atoms with E-state index in [4.69, 9.17) is 0 Å². The van der Waals surface area contributed by atoms with Gasteiger partial charge in [-0.3, -0.25) is 4.79 Å². The fourth-order valence-electron chi connectivity index (χ4n) is 1.68. The summed E-state index contributed by atoms with van der Waals surface area (Å²) >= 11 is 3.43. The van der Waals surface area contributed by atoms with Gasteiger partial charge in [-0.05, 0) is 30.2 Å². The van der Waals surface area contributed by atoms with Crippen molar-refractivity contribution >= 4 is 27.5 Å². The third kappa shape index (κ3) is 1.57. The van der Waals surface area contributed by atoms with Crippen molar-refractivity contribution in [1.29, 1.82) is 0 Å². The zero-order chi connectivity index (χ0) is 10.3. The molecule has 2 nitrogen and oxygen atoms in total. The molecule has 0 atom stereocenters. The van der Waals surface area contributed by atoms with Crippen LogP contribution in [0, 0.1) is 5.41 Å². The Balaban J connectivity index is 2.46. The van der Waals surface area contributed by atoms with Gasteiger partial charge in [0.15, 0.2) is 0 Å². The van der Waals surface area contributed by atoms with E-state index in [1.165, 1.54) is 5.56 Å². The number of fused-ring (bicyclic) bond motifs is 1. The molecule has 0 unspecified atom stereocenters. The number of carbonyl (C=O) groups is 1. The molecule has 0 bridgehead atoms. The molecule has 0 fully saturated rings. The highest BCUT2D eigenvalue weighted by atomic mass is 79.9. The van der Waals surface area contributed by atoms with Crippen molar-refractivity contribution in [3.63, 3.8) is 0 Å². The topological polar surface area (TPSA) is 29.1 Å². The molecule has 1 aliphatic heterocycles. The van der Waals surface area contributed by atoms with Crippen LogP contribution in [0.25, 0.3) is 0 Å². The van der Waals surface area contributed by atoms with Gasteiger partial charge >= 0.3 is 0 Å². The molecule has 0 saturated heterocycles.